The number of phenolic OH excluding ortho intramolecular Hbond substituents is 2. The lowest BCUT2D eigenvalue weighted by Gasteiger charge is -2.26. The molecule has 1 aromatic rings. The zero-order chi connectivity index (χ0) is 25.2. The van der Waals surface area contributed by atoms with Crippen molar-refractivity contribution in [3.63, 3.8) is 0 Å². The molecule has 0 radical (unpaired) electrons. The van der Waals surface area contributed by atoms with E-state index in [1.165, 1.54) is 0 Å². The van der Waals surface area contributed by atoms with E-state index in [1.807, 2.05) is 12.2 Å². The molecule has 0 spiro atoms. The van der Waals surface area contributed by atoms with Gasteiger partial charge in [-0.05, 0) is 49.3 Å². The fourth-order valence-corrected chi connectivity index (χ4v) is 4.21. The van der Waals surface area contributed by atoms with E-state index >= 15 is 0 Å². The summed E-state index contributed by atoms with van der Waals surface area (Å²) in [6.07, 6.45) is 12.3. The smallest absolute Gasteiger partial charge is 0.342 e. The number of phenols is 2. The van der Waals surface area contributed by atoms with Crippen LogP contribution in [0.5, 0.6) is 11.5 Å². The summed E-state index contributed by atoms with van der Waals surface area (Å²) in [5.41, 5.74) is 1.30. The van der Waals surface area contributed by atoms with Gasteiger partial charge in [0, 0.05) is 32.0 Å². The molecule has 3 rings (SSSR count). The Morgan fingerprint density at radius 1 is 1.23 bits per heavy atom. The van der Waals surface area contributed by atoms with Crippen LogP contribution in [-0.4, -0.2) is 59.0 Å². The maximum Gasteiger partial charge on any atom is 0.342 e. The molecule has 9 heteroatoms. The second kappa shape index (κ2) is 13.0. The molecular weight excluding hydrogens is 472 g/mol. The summed E-state index contributed by atoms with van der Waals surface area (Å²) in [7, 11) is 0. The molecule has 0 saturated carbocycles. The average molecular weight is 503 g/mol. The van der Waals surface area contributed by atoms with E-state index in [0.29, 0.717) is 31.6 Å². The van der Waals surface area contributed by atoms with Crippen molar-refractivity contribution in [3.05, 3.63) is 58.7 Å². The van der Waals surface area contributed by atoms with Crippen LogP contribution in [0.25, 0.3) is 0 Å². The first kappa shape index (κ1) is 26.3. The summed E-state index contributed by atoms with van der Waals surface area (Å²) >= 11 is 6.32. The van der Waals surface area contributed by atoms with Crippen molar-refractivity contribution in [1.82, 2.24) is 4.90 Å². The van der Waals surface area contributed by atoms with E-state index in [-0.39, 0.29) is 47.4 Å². The zero-order valence-corrected chi connectivity index (χ0v) is 20.4. The van der Waals surface area contributed by atoms with Crippen LogP contribution < -0.4 is 0 Å². The molecule has 8 nitrogen and oxygen atoms in total. The van der Waals surface area contributed by atoms with Crippen LogP contribution >= 0.6 is 11.6 Å². The highest BCUT2D eigenvalue weighted by atomic mass is 35.5. The zero-order valence-electron chi connectivity index (χ0n) is 19.7. The number of ether oxygens (including phenoxy) is 1. The third kappa shape index (κ3) is 7.36. The topological polar surface area (TPSA) is 109 Å². The molecular formula is C26H31ClN2O6. The van der Waals surface area contributed by atoms with Gasteiger partial charge in [-0.15, -0.1) is 0 Å². The van der Waals surface area contributed by atoms with Crippen LogP contribution in [0.1, 0.15) is 54.4 Å². The quantitative estimate of drug-likeness (QED) is 0.456. The van der Waals surface area contributed by atoms with Crippen LogP contribution in [-0.2, 0) is 20.8 Å². The number of hydrogen-bond donors (Lipinski definition) is 2. The van der Waals surface area contributed by atoms with Crippen molar-refractivity contribution in [2.45, 2.75) is 44.9 Å². The maximum atomic E-state index is 12.8. The van der Waals surface area contributed by atoms with Gasteiger partial charge in [-0.2, -0.15) is 0 Å². The van der Waals surface area contributed by atoms with Gasteiger partial charge in [0.1, 0.15) is 17.1 Å². The van der Waals surface area contributed by atoms with Gasteiger partial charge in [0.05, 0.1) is 17.3 Å². The number of piperidine rings is 1. The third-order valence-corrected chi connectivity index (χ3v) is 6.32. The van der Waals surface area contributed by atoms with Gasteiger partial charge in [-0.1, -0.05) is 41.6 Å². The number of cyclic esters (lactones) is 1. The summed E-state index contributed by atoms with van der Waals surface area (Å²) in [4.78, 5) is 32.4. The lowest BCUT2D eigenvalue weighted by molar-refractivity contribution is -0.137. The number of allylic oxidation sites excluding steroid dienone is 4. The molecule has 2 aliphatic heterocycles. The van der Waals surface area contributed by atoms with Crippen molar-refractivity contribution in [1.29, 1.82) is 0 Å². The van der Waals surface area contributed by atoms with Crippen LogP contribution in [0.2, 0.25) is 5.02 Å². The number of likely N-dealkylation sites (tertiary alicyclic amines) is 1. The number of benzene rings is 1. The second-order valence-corrected chi connectivity index (χ2v) is 8.78. The van der Waals surface area contributed by atoms with E-state index in [4.69, 9.17) is 21.2 Å². The minimum absolute atomic E-state index is 0.0343. The Kier molecular flexibility index (Phi) is 9.78. The molecule has 1 fully saturated rings. The van der Waals surface area contributed by atoms with E-state index in [2.05, 4.69) is 11.7 Å². The molecule has 1 amide bonds. The number of fused-ring (bicyclic) bond motifs is 1. The highest BCUT2D eigenvalue weighted by molar-refractivity contribution is 6.33. The van der Waals surface area contributed by atoms with Gasteiger partial charge in [-0.3, -0.25) is 4.79 Å². The second-order valence-electron chi connectivity index (χ2n) is 8.41. The van der Waals surface area contributed by atoms with Gasteiger partial charge in [0.2, 0.25) is 0 Å². The van der Waals surface area contributed by atoms with Crippen molar-refractivity contribution in [3.8, 4) is 11.5 Å². The van der Waals surface area contributed by atoms with Crippen LogP contribution in [0.3, 0.4) is 0 Å². The molecule has 0 aromatic heterocycles. The maximum absolute atomic E-state index is 12.8. The number of carbonyl (C=O) groups excluding carboxylic acids is 2. The highest BCUT2D eigenvalue weighted by Crippen LogP contribution is 2.37. The highest BCUT2D eigenvalue weighted by Gasteiger charge is 2.25. The average Bonchev–Trinajstić information content (AvgIpc) is 2.85. The minimum atomic E-state index is -0.774. The van der Waals surface area contributed by atoms with Gasteiger partial charge in [-0.25, -0.2) is 4.79 Å². The fourth-order valence-electron chi connectivity index (χ4n) is 3.99. The first-order valence-corrected chi connectivity index (χ1v) is 12.1. The number of oxime groups is 1. The monoisotopic (exact) mass is 502 g/mol. The lowest BCUT2D eigenvalue weighted by Crippen LogP contribution is -2.37. The number of hydrogen-bond acceptors (Lipinski definition) is 7. The SMILES string of the molecule is C=C/C1=C\CC/C=C/C(=N\OCC(=O)N2CCCCC2)Cc2c(Cl)c(O)cc(O)c2C(=O)OCC1. The standard InChI is InChI=1S/C26H31ClN2O6/c1-2-18-9-5-3-6-10-19(28-35-17-23(32)29-12-7-4-8-13-29)15-20-24(26(33)34-14-11-18)21(30)16-22(31)25(20)27/h2,6,9-10,16,30-31H,1,3-5,7-8,11-15,17H2/b10-6+,18-9+,28-19+. The van der Waals surface area contributed by atoms with Crippen molar-refractivity contribution in [2.24, 2.45) is 5.16 Å². The molecule has 0 unspecified atom stereocenters. The molecule has 35 heavy (non-hydrogen) atoms. The van der Waals surface area contributed by atoms with Crippen LogP contribution in [0, 0.1) is 0 Å². The van der Waals surface area contributed by atoms with Gasteiger partial charge < -0.3 is 24.7 Å². The van der Waals surface area contributed by atoms with Crippen molar-refractivity contribution >= 4 is 29.2 Å². The summed E-state index contributed by atoms with van der Waals surface area (Å²) in [6, 6.07) is 1.00. The Labute approximate surface area is 210 Å². The lowest BCUT2D eigenvalue weighted by atomic mass is 9.99. The summed E-state index contributed by atoms with van der Waals surface area (Å²) in [6.45, 7) is 5.09. The number of amides is 1. The van der Waals surface area contributed by atoms with E-state index in [0.717, 1.165) is 37.3 Å². The van der Waals surface area contributed by atoms with E-state index < -0.39 is 11.7 Å². The molecule has 0 aliphatic carbocycles. The molecule has 1 saturated heterocycles. The molecule has 0 atom stereocenters. The number of esters is 1. The third-order valence-electron chi connectivity index (χ3n) is 5.90. The number of halogens is 1. The molecule has 2 heterocycles. The number of carbonyl (C=O) groups is 2. The predicted octanol–water partition coefficient (Wildman–Crippen LogP) is 4.69. The largest absolute Gasteiger partial charge is 0.507 e. The number of aromatic hydroxyl groups is 2. The first-order chi connectivity index (χ1) is 16.9. The summed E-state index contributed by atoms with van der Waals surface area (Å²) < 4.78 is 5.37. The molecule has 188 valence electrons. The van der Waals surface area contributed by atoms with Crippen LogP contribution in [0.4, 0.5) is 0 Å². The number of nitrogens with zero attached hydrogens (tertiary/aromatic N) is 2. The molecule has 0 bridgehead atoms. The Morgan fingerprint density at radius 2 is 2.00 bits per heavy atom. The summed E-state index contributed by atoms with van der Waals surface area (Å²) in [5, 5.41) is 24.6. The Hall–Kier alpha value is -3.26. The predicted molar refractivity (Wildman–Crippen MR) is 134 cm³/mol. The van der Waals surface area contributed by atoms with E-state index in [1.54, 1.807) is 17.1 Å². The molecule has 2 aliphatic rings. The van der Waals surface area contributed by atoms with Crippen molar-refractivity contribution < 1.29 is 29.4 Å². The van der Waals surface area contributed by atoms with Gasteiger partial charge >= 0.3 is 5.97 Å². The Balaban J connectivity index is 1.89. The minimum Gasteiger partial charge on any atom is -0.507 e. The normalized spacial score (nSPS) is 21.2. The first-order valence-electron chi connectivity index (χ1n) is 11.8. The molecule has 1 aromatic carbocycles. The Bertz CT molecular complexity index is 1040. The van der Waals surface area contributed by atoms with Gasteiger partial charge in [0.25, 0.3) is 5.91 Å². The molecule has 2 N–H and O–H groups in total. The van der Waals surface area contributed by atoms with Gasteiger partial charge in [0.15, 0.2) is 6.61 Å². The fraction of sp³-hybridized carbons (Fsp3) is 0.423. The Morgan fingerprint density at radius 3 is 2.74 bits per heavy atom. The summed E-state index contributed by atoms with van der Waals surface area (Å²) in [5.74, 6) is -1.75. The van der Waals surface area contributed by atoms with E-state index in [9.17, 15) is 19.8 Å². The van der Waals surface area contributed by atoms with Crippen molar-refractivity contribution in [2.75, 3.05) is 26.3 Å². The number of rotatable bonds is 4. The van der Waals surface area contributed by atoms with Crippen LogP contribution in [0.15, 0.2) is 47.7 Å².